The summed E-state index contributed by atoms with van der Waals surface area (Å²) in [5.41, 5.74) is 0.956. The highest BCUT2D eigenvalue weighted by Crippen LogP contribution is 2.20. The van der Waals surface area contributed by atoms with E-state index in [1.54, 1.807) is 4.90 Å². The number of hydrogen-bond donors (Lipinski definition) is 2. The van der Waals surface area contributed by atoms with Crippen LogP contribution in [0.1, 0.15) is 26.2 Å². The van der Waals surface area contributed by atoms with E-state index in [0.717, 1.165) is 12.0 Å². The quantitative estimate of drug-likeness (QED) is 0.522. The van der Waals surface area contributed by atoms with Gasteiger partial charge in [-0.25, -0.2) is 4.79 Å². The van der Waals surface area contributed by atoms with Crippen molar-refractivity contribution in [2.24, 2.45) is 5.92 Å². The normalized spacial score (nSPS) is 18.1. The Labute approximate surface area is 119 Å². The van der Waals surface area contributed by atoms with Gasteiger partial charge in [0.05, 0.1) is 13.2 Å². The maximum atomic E-state index is 11.9. The zero-order valence-corrected chi connectivity index (χ0v) is 12.1. The number of amides is 2. The van der Waals surface area contributed by atoms with Gasteiger partial charge in [-0.3, -0.25) is 4.79 Å². The lowest BCUT2D eigenvalue weighted by atomic mass is 10.0. The monoisotopic (exact) mass is 284 g/mol. The highest BCUT2D eigenvalue weighted by Gasteiger charge is 2.26. The highest BCUT2D eigenvalue weighted by molar-refractivity contribution is 5.74. The molecule has 1 saturated heterocycles. The van der Waals surface area contributed by atoms with E-state index in [2.05, 4.69) is 11.9 Å². The van der Waals surface area contributed by atoms with Crippen molar-refractivity contribution >= 4 is 12.0 Å². The molecule has 1 rings (SSSR count). The number of rotatable bonds is 8. The van der Waals surface area contributed by atoms with Crippen molar-refractivity contribution in [2.45, 2.75) is 26.2 Å². The zero-order chi connectivity index (χ0) is 15.0. The molecule has 2 N–H and O–H groups in total. The Morgan fingerprint density at radius 1 is 1.50 bits per heavy atom. The SMILES string of the molecule is C=C(C)COCCNC(=O)N1CCC(CCC(=O)O)C1. The molecule has 0 aromatic rings. The molecule has 2 amide bonds. The summed E-state index contributed by atoms with van der Waals surface area (Å²) in [5, 5.41) is 11.4. The molecule has 1 atom stereocenters. The molecular formula is C14H24N2O4. The fourth-order valence-electron chi connectivity index (χ4n) is 2.17. The van der Waals surface area contributed by atoms with Crippen LogP contribution in [0.3, 0.4) is 0 Å². The fraction of sp³-hybridized carbons (Fsp3) is 0.714. The standard InChI is InChI=1S/C14H24N2O4/c1-11(2)10-20-8-6-15-14(19)16-7-5-12(9-16)3-4-13(17)18/h12H,1,3-10H2,2H3,(H,15,19)(H,17,18). The van der Waals surface area contributed by atoms with E-state index in [-0.39, 0.29) is 12.5 Å². The lowest BCUT2D eigenvalue weighted by Crippen LogP contribution is -2.40. The van der Waals surface area contributed by atoms with Gasteiger partial charge in [-0.15, -0.1) is 0 Å². The molecule has 20 heavy (non-hydrogen) atoms. The molecule has 0 saturated carbocycles. The second-order valence-electron chi connectivity index (χ2n) is 5.27. The van der Waals surface area contributed by atoms with Crippen molar-refractivity contribution in [3.05, 3.63) is 12.2 Å². The van der Waals surface area contributed by atoms with Gasteiger partial charge in [0.25, 0.3) is 0 Å². The Morgan fingerprint density at radius 3 is 2.90 bits per heavy atom. The minimum Gasteiger partial charge on any atom is -0.481 e. The largest absolute Gasteiger partial charge is 0.481 e. The summed E-state index contributed by atoms with van der Waals surface area (Å²) in [6.45, 7) is 8.41. The molecule has 6 nitrogen and oxygen atoms in total. The lowest BCUT2D eigenvalue weighted by Gasteiger charge is -2.17. The molecule has 1 heterocycles. The molecule has 0 aromatic carbocycles. The van der Waals surface area contributed by atoms with Crippen LogP contribution in [0, 0.1) is 5.92 Å². The van der Waals surface area contributed by atoms with Gasteiger partial charge in [0.15, 0.2) is 0 Å². The molecule has 0 spiro atoms. The van der Waals surface area contributed by atoms with Crippen LogP contribution in [-0.4, -0.2) is 54.9 Å². The lowest BCUT2D eigenvalue weighted by molar-refractivity contribution is -0.137. The molecule has 1 aliphatic heterocycles. The van der Waals surface area contributed by atoms with Crippen LogP contribution in [0.4, 0.5) is 4.79 Å². The maximum Gasteiger partial charge on any atom is 0.317 e. The Balaban J connectivity index is 2.12. The minimum atomic E-state index is -0.775. The number of carbonyl (C=O) groups excluding carboxylic acids is 1. The number of urea groups is 1. The van der Waals surface area contributed by atoms with Crippen LogP contribution in [0.15, 0.2) is 12.2 Å². The van der Waals surface area contributed by atoms with Crippen LogP contribution in [-0.2, 0) is 9.53 Å². The third-order valence-corrected chi connectivity index (χ3v) is 3.21. The second kappa shape index (κ2) is 8.58. The number of nitrogens with zero attached hydrogens (tertiary/aromatic N) is 1. The average molecular weight is 284 g/mol. The number of likely N-dealkylation sites (tertiary alicyclic amines) is 1. The number of hydrogen-bond acceptors (Lipinski definition) is 3. The maximum absolute atomic E-state index is 11.9. The first kappa shape index (κ1) is 16.5. The van der Waals surface area contributed by atoms with Crippen molar-refractivity contribution in [1.82, 2.24) is 10.2 Å². The molecule has 1 aliphatic rings. The third kappa shape index (κ3) is 6.56. The zero-order valence-electron chi connectivity index (χ0n) is 12.1. The van der Waals surface area contributed by atoms with E-state index in [1.165, 1.54) is 0 Å². The van der Waals surface area contributed by atoms with Crippen molar-refractivity contribution in [1.29, 1.82) is 0 Å². The van der Waals surface area contributed by atoms with Crippen molar-refractivity contribution < 1.29 is 19.4 Å². The first-order valence-corrected chi connectivity index (χ1v) is 6.95. The number of carbonyl (C=O) groups is 2. The first-order chi connectivity index (χ1) is 9.49. The van der Waals surface area contributed by atoms with Gasteiger partial charge in [0, 0.05) is 26.1 Å². The smallest absolute Gasteiger partial charge is 0.317 e. The van der Waals surface area contributed by atoms with Crippen LogP contribution >= 0.6 is 0 Å². The Morgan fingerprint density at radius 2 is 2.25 bits per heavy atom. The number of ether oxygens (including phenoxy) is 1. The summed E-state index contributed by atoms with van der Waals surface area (Å²) in [6, 6.07) is -0.0956. The molecule has 1 unspecified atom stereocenters. The summed E-state index contributed by atoms with van der Waals surface area (Å²) in [6.07, 6.45) is 1.70. The van der Waals surface area contributed by atoms with E-state index in [4.69, 9.17) is 9.84 Å². The summed E-state index contributed by atoms with van der Waals surface area (Å²) >= 11 is 0. The molecule has 1 fully saturated rings. The van der Waals surface area contributed by atoms with Gasteiger partial charge in [-0.2, -0.15) is 0 Å². The molecule has 0 bridgehead atoms. The van der Waals surface area contributed by atoms with E-state index in [0.29, 0.717) is 45.2 Å². The predicted octanol–water partition coefficient (Wildman–Crippen LogP) is 1.48. The van der Waals surface area contributed by atoms with Crippen molar-refractivity contribution in [3.63, 3.8) is 0 Å². The second-order valence-corrected chi connectivity index (χ2v) is 5.27. The van der Waals surface area contributed by atoms with Crippen LogP contribution in [0.25, 0.3) is 0 Å². The number of carboxylic acids is 1. The highest BCUT2D eigenvalue weighted by atomic mass is 16.5. The van der Waals surface area contributed by atoms with Crippen LogP contribution in [0.5, 0.6) is 0 Å². The number of carboxylic acid groups (broad SMARTS) is 1. The molecule has 0 radical (unpaired) electrons. The van der Waals surface area contributed by atoms with Crippen LogP contribution in [0.2, 0.25) is 0 Å². The summed E-state index contributed by atoms with van der Waals surface area (Å²) in [4.78, 5) is 24.1. The van der Waals surface area contributed by atoms with E-state index in [9.17, 15) is 9.59 Å². The summed E-state index contributed by atoms with van der Waals surface area (Å²) in [7, 11) is 0. The van der Waals surface area contributed by atoms with Crippen molar-refractivity contribution in [2.75, 3.05) is 32.8 Å². The minimum absolute atomic E-state index is 0.0956. The third-order valence-electron chi connectivity index (χ3n) is 3.21. The molecule has 6 heteroatoms. The Bertz CT molecular complexity index is 357. The fourth-order valence-corrected chi connectivity index (χ4v) is 2.17. The van der Waals surface area contributed by atoms with E-state index >= 15 is 0 Å². The van der Waals surface area contributed by atoms with Gasteiger partial charge >= 0.3 is 12.0 Å². The predicted molar refractivity (Wildman–Crippen MR) is 75.6 cm³/mol. The Hall–Kier alpha value is -1.56. The van der Waals surface area contributed by atoms with E-state index in [1.807, 2.05) is 6.92 Å². The molecular weight excluding hydrogens is 260 g/mol. The van der Waals surface area contributed by atoms with Gasteiger partial charge in [0.2, 0.25) is 0 Å². The van der Waals surface area contributed by atoms with Gasteiger partial charge in [0.1, 0.15) is 0 Å². The van der Waals surface area contributed by atoms with Crippen LogP contribution < -0.4 is 5.32 Å². The summed E-state index contributed by atoms with van der Waals surface area (Å²) in [5.74, 6) is -0.473. The molecule has 0 aromatic heterocycles. The average Bonchev–Trinajstić information content (AvgIpc) is 2.84. The topological polar surface area (TPSA) is 78.9 Å². The van der Waals surface area contributed by atoms with Gasteiger partial charge in [-0.1, -0.05) is 12.2 Å². The summed E-state index contributed by atoms with van der Waals surface area (Å²) < 4.78 is 5.30. The van der Waals surface area contributed by atoms with Gasteiger partial charge in [-0.05, 0) is 25.7 Å². The molecule has 114 valence electrons. The first-order valence-electron chi connectivity index (χ1n) is 6.95. The van der Waals surface area contributed by atoms with E-state index < -0.39 is 5.97 Å². The Kier molecular flexibility index (Phi) is 7.08. The number of aliphatic carboxylic acids is 1. The van der Waals surface area contributed by atoms with Gasteiger partial charge < -0.3 is 20.1 Å². The molecule has 0 aliphatic carbocycles. The number of nitrogens with one attached hydrogen (secondary N) is 1. The van der Waals surface area contributed by atoms with Crippen molar-refractivity contribution in [3.8, 4) is 0 Å².